The molecule has 0 aromatic carbocycles. The summed E-state index contributed by atoms with van der Waals surface area (Å²) >= 11 is 1.02. The van der Waals surface area contributed by atoms with Crippen molar-refractivity contribution in [1.82, 2.24) is 0 Å². The van der Waals surface area contributed by atoms with E-state index >= 15 is 0 Å². The highest BCUT2D eigenvalue weighted by atomic mass is 32.1. The molecule has 0 radical (unpaired) electrons. The van der Waals surface area contributed by atoms with Crippen molar-refractivity contribution in [3.8, 4) is 0 Å². The van der Waals surface area contributed by atoms with Crippen molar-refractivity contribution in [1.29, 1.82) is 0 Å². The highest BCUT2D eigenvalue weighted by Gasteiger charge is 2.90. The number of hydrogen-bond donors (Lipinski definition) is 0. The van der Waals surface area contributed by atoms with Gasteiger partial charge in [0, 0.05) is 6.42 Å². The molecular formula is C13H7F13S. The molecule has 1 heterocycles. The first-order valence-electron chi connectivity index (χ1n) is 6.47. The normalized spacial score (nSPS) is 15.6. The van der Waals surface area contributed by atoms with Crippen LogP contribution in [0.25, 0.3) is 6.08 Å². The third kappa shape index (κ3) is 3.76. The lowest BCUT2D eigenvalue weighted by Gasteiger charge is -2.39. The van der Waals surface area contributed by atoms with Crippen LogP contribution in [0.5, 0.6) is 0 Å². The first kappa shape index (κ1) is 23.6. The van der Waals surface area contributed by atoms with Crippen LogP contribution in [-0.4, -0.2) is 35.8 Å². The standard InChI is InChI=1S/C13H7F13S/c14-8(15,4-1-2-7-3-5-27-6-7)9(16,17)10(18,19)11(20,21)12(22,23)13(24,25)26/h1-3,5-6H,4H2/b2-1+. The van der Waals surface area contributed by atoms with Crippen LogP contribution in [0.4, 0.5) is 57.1 Å². The minimum absolute atomic E-state index is 0.139. The quantitative estimate of drug-likeness (QED) is 0.404. The number of allylic oxidation sites excluding steroid dienone is 1. The predicted octanol–water partition coefficient (Wildman–Crippen LogP) is 6.89. The van der Waals surface area contributed by atoms with Gasteiger partial charge >= 0.3 is 35.8 Å². The van der Waals surface area contributed by atoms with E-state index in [1.807, 2.05) is 0 Å². The summed E-state index contributed by atoms with van der Waals surface area (Å²) in [6, 6.07) is 1.27. The van der Waals surface area contributed by atoms with Crippen LogP contribution in [0.1, 0.15) is 12.0 Å². The van der Waals surface area contributed by atoms with Crippen molar-refractivity contribution in [2.24, 2.45) is 0 Å². The van der Waals surface area contributed by atoms with Crippen LogP contribution in [0.3, 0.4) is 0 Å². The Labute approximate surface area is 146 Å². The Bertz CT molecular complexity index is 654. The van der Waals surface area contributed by atoms with Crippen molar-refractivity contribution in [3.05, 3.63) is 28.5 Å². The monoisotopic (exact) mass is 442 g/mol. The molecule has 0 aliphatic rings. The molecule has 1 aromatic rings. The molecule has 14 heteroatoms. The molecule has 0 aliphatic carbocycles. The van der Waals surface area contributed by atoms with Gasteiger partial charge < -0.3 is 0 Å². The maximum Gasteiger partial charge on any atom is 0.460 e. The number of halogens is 13. The molecule has 0 saturated carbocycles. The zero-order valence-corrected chi connectivity index (χ0v) is 13.2. The molecule has 27 heavy (non-hydrogen) atoms. The van der Waals surface area contributed by atoms with Crippen LogP contribution in [-0.2, 0) is 0 Å². The van der Waals surface area contributed by atoms with E-state index in [0.717, 1.165) is 11.3 Å². The molecule has 0 nitrogen and oxygen atoms in total. The fraction of sp³-hybridized carbons (Fsp3) is 0.538. The second kappa shape index (κ2) is 6.85. The van der Waals surface area contributed by atoms with Crippen LogP contribution in [0.15, 0.2) is 22.9 Å². The highest BCUT2D eigenvalue weighted by Crippen LogP contribution is 2.60. The van der Waals surface area contributed by atoms with Crippen LogP contribution in [0, 0.1) is 0 Å². The van der Waals surface area contributed by atoms with Gasteiger partial charge in [0.15, 0.2) is 0 Å². The van der Waals surface area contributed by atoms with Crippen LogP contribution in [0.2, 0.25) is 0 Å². The maximum atomic E-state index is 13.4. The van der Waals surface area contributed by atoms with Crippen molar-refractivity contribution in [2.75, 3.05) is 0 Å². The predicted molar refractivity (Wildman–Crippen MR) is 68.8 cm³/mol. The van der Waals surface area contributed by atoms with E-state index in [4.69, 9.17) is 0 Å². The van der Waals surface area contributed by atoms with Crippen molar-refractivity contribution >= 4 is 17.4 Å². The summed E-state index contributed by atoms with van der Waals surface area (Å²) in [6.45, 7) is 0. The van der Waals surface area contributed by atoms with Gasteiger partial charge in [-0.15, -0.1) is 0 Å². The Morgan fingerprint density at radius 2 is 1.19 bits per heavy atom. The van der Waals surface area contributed by atoms with E-state index in [1.165, 1.54) is 16.8 Å². The van der Waals surface area contributed by atoms with Gasteiger partial charge in [0.05, 0.1) is 0 Å². The molecule has 0 aliphatic heterocycles. The molecular weight excluding hydrogens is 435 g/mol. The van der Waals surface area contributed by atoms with E-state index in [9.17, 15) is 57.1 Å². The summed E-state index contributed by atoms with van der Waals surface area (Å²) in [7, 11) is 0. The summed E-state index contributed by atoms with van der Waals surface area (Å²) in [4.78, 5) is 0. The number of alkyl halides is 13. The topological polar surface area (TPSA) is 0 Å². The van der Waals surface area contributed by atoms with Gasteiger partial charge in [-0.25, -0.2) is 0 Å². The SMILES string of the molecule is FC(F)(F)C(F)(F)C(F)(F)C(F)(F)C(F)(F)C(F)(F)C/C=C/c1ccsc1. The van der Waals surface area contributed by atoms with Gasteiger partial charge in [-0.2, -0.15) is 68.4 Å². The third-order valence-electron chi connectivity index (χ3n) is 3.23. The molecule has 0 bridgehead atoms. The van der Waals surface area contributed by atoms with Gasteiger partial charge in [-0.05, 0) is 22.4 Å². The van der Waals surface area contributed by atoms with Gasteiger partial charge in [0.25, 0.3) is 0 Å². The fourth-order valence-corrected chi connectivity index (χ4v) is 2.27. The smallest absolute Gasteiger partial charge is 0.199 e. The summed E-state index contributed by atoms with van der Waals surface area (Å²) in [5.74, 6) is -36.6. The lowest BCUT2D eigenvalue weighted by molar-refractivity contribution is -0.439. The van der Waals surface area contributed by atoms with E-state index in [2.05, 4.69) is 0 Å². The van der Waals surface area contributed by atoms with Crippen molar-refractivity contribution in [2.45, 2.75) is 42.2 Å². The fourth-order valence-electron chi connectivity index (χ4n) is 1.64. The summed E-state index contributed by atoms with van der Waals surface area (Å²) in [5, 5.41) is 2.69. The number of hydrogen-bond acceptors (Lipinski definition) is 1. The Kier molecular flexibility index (Phi) is 5.98. The second-order valence-electron chi connectivity index (χ2n) is 5.16. The Morgan fingerprint density at radius 3 is 1.59 bits per heavy atom. The zero-order chi connectivity index (χ0) is 21.5. The van der Waals surface area contributed by atoms with Crippen molar-refractivity contribution < 1.29 is 57.1 Å². The van der Waals surface area contributed by atoms with Crippen LogP contribution >= 0.6 is 11.3 Å². The Morgan fingerprint density at radius 1 is 0.704 bits per heavy atom. The van der Waals surface area contributed by atoms with Gasteiger partial charge in [0.1, 0.15) is 0 Å². The van der Waals surface area contributed by atoms with Crippen LogP contribution < -0.4 is 0 Å². The third-order valence-corrected chi connectivity index (χ3v) is 3.93. The highest BCUT2D eigenvalue weighted by molar-refractivity contribution is 7.08. The average molecular weight is 442 g/mol. The first-order valence-corrected chi connectivity index (χ1v) is 7.42. The lowest BCUT2D eigenvalue weighted by Crippen LogP contribution is -2.70. The van der Waals surface area contributed by atoms with E-state index < -0.39 is 42.2 Å². The Balaban J connectivity index is 3.24. The largest absolute Gasteiger partial charge is 0.460 e. The number of rotatable bonds is 7. The van der Waals surface area contributed by atoms with E-state index in [0.29, 0.717) is 6.08 Å². The van der Waals surface area contributed by atoms with Gasteiger partial charge in [0.2, 0.25) is 0 Å². The lowest BCUT2D eigenvalue weighted by atomic mass is 9.92. The molecule has 1 aromatic heterocycles. The molecule has 0 saturated heterocycles. The molecule has 0 N–H and O–H groups in total. The molecule has 0 atom stereocenters. The average Bonchev–Trinajstić information content (AvgIpc) is 2.98. The van der Waals surface area contributed by atoms with E-state index in [1.54, 1.807) is 0 Å². The summed E-state index contributed by atoms with van der Waals surface area (Å²) in [6.07, 6.45) is -8.86. The Hall–Kier alpha value is -1.47. The zero-order valence-electron chi connectivity index (χ0n) is 12.4. The minimum Gasteiger partial charge on any atom is -0.199 e. The van der Waals surface area contributed by atoms with Crippen molar-refractivity contribution in [3.63, 3.8) is 0 Å². The molecule has 1 rings (SSSR count). The van der Waals surface area contributed by atoms with Gasteiger partial charge in [-0.1, -0.05) is 12.2 Å². The molecule has 0 unspecified atom stereocenters. The molecule has 0 fully saturated rings. The second-order valence-corrected chi connectivity index (χ2v) is 5.94. The minimum atomic E-state index is -7.86. The van der Waals surface area contributed by atoms with Gasteiger partial charge in [-0.3, -0.25) is 0 Å². The van der Waals surface area contributed by atoms with E-state index in [-0.39, 0.29) is 11.6 Å². The summed E-state index contributed by atoms with van der Waals surface area (Å²) in [5.41, 5.74) is 0.139. The summed E-state index contributed by atoms with van der Waals surface area (Å²) < 4.78 is 167. The first-order chi connectivity index (χ1) is 11.8. The number of thiophene rings is 1. The maximum absolute atomic E-state index is 13.4. The molecule has 156 valence electrons. The molecule has 0 spiro atoms. The molecule has 0 amide bonds.